The first-order valence-corrected chi connectivity index (χ1v) is 6.99. The number of amides is 2. The molecular weight excluding hydrogens is 246 g/mol. The maximum Gasteiger partial charge on any atom is 0.317 e. The second-order valence-corrected chi connectivity index (χ2v) is 5.07. The molecule has 1 aliphatic heterocycles. The average molecular weight is 271 g/mol. The van der Waals surface area contributed by atoms with E-state index in [0.717, 1.165) is 32.4 Å². The molecule has 0 bridgehead atoms. The van der Waals surface area contributed by atoms with E-state index in [1.165, 1.54) is 0 Å². The Bertz CT molecular complexity index is 310. The van der Waals surface area contributed by atoms with Crippen LogP contribution >= 0.6 is 0 Å². The molecule has 1 atom stereocenters. The topological polar surface area (TPSA) is 72.9 Å². The zero-order chi connectivity index (χ0) is 14.3. The first kappa shape index (κ1) is 15.8. The van der Waals surface area contributed by atoms with Crippen LogP contribution in [-0.2, 0) is 4.79 Å². The van der Waals surface area contributed by atoms with Crippen molar-refractivity contribution >= 4 is 12.0 Å². The van der Waals surface area contributed by atoms with Crippen molar-refractivity contribution in [3.05, 3.63) is 0 Å². The van der Waals surface area contributed by atoms with Crippen LogP contribution in [0.2, 0.25) is 0 Å². The summed E-state index contributed by atoms with van der Waals surface area (Å²) in [7, 11) is 2.00. The monoisotopic (exact) mass is 271 g/mol. The highest BCUT2D eigenvalue weighted by Gasteiger charge is 2.28. The lowest BCUT2D eigenvalue weighted by Crippen LogP contribution is -2.50. The van der Waals surface area contributed by atoms with Crippen molar-refractivity contribution in [2.24, 2.45) is 0 Å². The van der Waals surface area contributed by atoms with Crippen LogP contribution in [0.15, 0.2) is 0 Å². The summed E-state index contributed by atoms with van der Waals surface area (Å²) in [5, 5.41) is 11.8. The smallest absolute Gasteiger partial charge is 0.317 e. The van der Waals surface area contributed by atoms with E-state index in [1.807, 2.05) is 7.05 Å². The summed E-state index contributed by atoms with van der Waals surface area (Å²) in [5.41, 5.74) is 0. The predicted octanol–water partition coefficient (Wildman–Crippen LogP) is 0.977. The molecule has 0 spiro atoms. The molecule has 2 amide bonds. The van der Waals surface area contributed by atoms with Crippen LogP contribution in [-0.4, -0.2) is 66.2 Å². The number of likely N-dealkylation sites (tertiary alicyclic amines) is 1. The van der Waals surface area contributed by atoms with E-state index < -0.39 is 5.97 Å². The van der Waals surface area contributed by atoms with Gasteiger partial charge in [-0.1, -0.05) is 6.92 Å². The van der Waals surface area contributed by atoms with E-state index in [1.54, 1.807) is 4.90 Å². The van der Waals surface area contributed by atoms with Gasteiger partial charge in [-0.05, 0) is 32.9 Å². The number of nitrogens with zero attached hydrogens (tertiary/aromatic N) is 2. The van der Waals surface area contributed by atoms with E-state index >= 15 is 0 Å². The number of hydrogen-bond acceptors (Lipinski definition) is 3. The summed E-state index contributed by atoms with van der Waals surface area (Å²) < 4.78 is 0. The Kier molecular flexibility index (Phi) is 6.62. The van der Waals surface area contributed by atoms with Gasteiger partial charge >= 0.3 is 12.0 Å². The van der Waals surface area contributed by atoms with Crippen LogP contribution in [0.25, 0.3) is 0 Å². The zero-order valence-corrected chi connectivity index (χ0v) is 11.9. The third kappa shape index (κ3) is 5.46. The lowest BCUT2D eigenvalue weighted by Gasteiger charge is -2.35. The van der Waals surface area contributed by atoms with Crippen molar-refractivity contribution < 1.29 is 14.7 Å². The lowest BCUT2D eigenvalue weighted by atomic mass is 10.00. The molecule has 1 heterocycles. The van der Waals surface area contributed by atoms with Gasteiger partial charge in [0, 0.05) is 25.7 Å². The Balaban J connectivity index is 2.41. The van der Waals surface area contributed by atoms with E-state index in [2.05, 4.69) is 17.1 Å². The number of nitrogens with one attached hydrogen (secondary N) is 1. The summed E-state index contributed by atoms with van der Waals surface area (Å²) in [4.78, 5) is 26.7. The average Bonchev–Trinajstić information content (AvgIpc) is 2.38. The molecule has 6 heteroatoms. The molecule has 0 aromatic heterocycles. The van der Waals surface area contributed by atoms with Gasteiger partial charge in [0.25, 0.3) is 0 Å². The third-order valence-electron chi connectivity index (χ3n) is 3.61. The Hall–Kier alpha value is -1.30. The number of carbonyl (C=O) groups excluding carboxylic acids is 1. The molecule has 1 saturated heterocycles. The van der Waals surface area contributed by atoms with Crippen LogP contribution in [0.5, 0.6) is 0 Å². The number of carboxylic acids is 1. The van der Waals surface area contributed by atoms with Gasteiger partial charge < -0.3 is 20.2 Å². The van der Waals surface area contributed by atoms with Gasteiger partial charge in [0.05, 0.1) is 6.42 Å². The highest BCUT2D eigenvalue weighted by molar-refractivity contribution is 5.76. The molecule has 19 heavy (non-hydrogen) atoms. The first-order chi connectivity index (χ1) is 9.04. The lowest BCUT2D eigenvalue weighted by molar-refractivity contribution is -0.138. The van der Waals surface area contributed by atoms with Gasteiger partial charge in [0.1, 0.15) is 0 Å². The third-order valence-corrected chi connectivity index (χ3v) is 3.61. The molecule has 2 N–H and O–H groups in total. The number of hydrogen-bond donors (Lipinski definition) is 2. The number of urea groups is 1. The molecule has 1 rings (SSSR count). The van der Waals surface area contributed by atoms with Crippen LogP contribution in [0.3, 0.4) is 0 Å². The molecule has 0 aromatic rings. The first-order valence-electron chi connectivity index (χ1n) is 6.99. The van der Waals surface area contributed by atoms with Crippen LogP contribution in [0.4, 0.5) is 4.79 Å². The highest BCUT2D eigenvalue weighted by atomic mass is 16.4. The Morgan fingerprint density at radius 1 is 1.42 bits per heavy atom. The number of piperidine rings is 1. The Labute approximate surface area is 114 Å². The summed E-state index contributed by atoms with van der Waals surface area (Å²) >= 11 is 0. The highest BCUT2D eigenvalue weighted by Crippen LogP contribution is 2.19. The Morgan fingerprint density at radius 3 is 2.79 bits per heavy atom. The summed E-state index contributed by atoms with van der Waals surface area (Å²) in [6.07, 6.45) is 2.79. The minimum Gasteiger partial charge on any atom is -0.481 e. The maximum absolute atomic E-state index is 12.1. The van der Waals surface area contributed by atoms with Crippen molar-refractivity contribution in [3.63, 3.8) is 0 Å². The van der Waals surface area contributed by atoms with E-state index in [9.17, 15) is 9.59 Å². The molecule has 0 aromatic carbocycles. The van der Waals surface area contributed by atoms with Crippen LogP contribution in [0, 0.1) is 0 Å². The molecule has 6 nitrogen and oxygen atoms in total. The quantitative estimate of drug-likeness (QED) is 0.755. The van der Waals surface area contributed by atoms with Crippen LogP contribution < -0.4 is 5.32 Å². The fourth-order valence-electron chi connectivity index (χ4n) is 2.30. The maximum atomic E-state index is 12.1. The van der Waals surface area contributed by atoms with Gasteiger partial charge in [-0.25, -0.2) is 4.79 Å². The van der Waals surface area contributed by atoms with Gasteiger partial charge in [0.15, 0.2) is 0 Å². The van der Waals surface area contributed by atoms with E-state index in [-0.39, 0.29) is 18.5 Å². The van der Waals surface area contributed by atoms with E-state index in [0.29, 0.717) is 13.1 Å². The Morgan fingerprint density at radius 2 is 2.16 bits per heavy atom. The summed E-state index contributed by atoms with van der Waals surface area (Å²) in [6.45, 7) is 5.07. The van der Waals surface area contributed by atoms with Crippen LogP contribution in [0.1, 0.15) is 32.6 Å². The molecule has 110 valence electrons. The van der Waals surface area contributed by atoms with Gasteiger partial charge in [-0.2, -0.15) is 0 Å². The zero-order valence-electron chi connectivity index (χ0n) is 11.9. The molecular formula is C13H25N3O3. The number of rotatable bonds is 6. The largest absolute Gasteiger partial charge is 0.481 e. The number of likely N-dealkylation sites (N-methyl/N-ethyl adjacent to an activating group) is 1. The molecule has 0 radical (unpaired) electrons. The minimum atomic E-state index is -0.838. The second-order valence-electron chi connectivity index (χ2n) is 5.07. The number of aliphatic carboxylic acids is 1. The predicted molar refractivity (Wildman–Crippen MR) is 73.2 cm³/mol. The fourth-order valence-corrected chi connectivity index (χ4v) is 2.30. The fraction of sp³-hybridized carbons (Fsp3) is 0.846. The van der Waals surface area contributed by atoms with Gasteiger partial charge in [0.2, 0.25) is 0 Å². The second kappa shape index (κ2) is 7.99. The molecule has 1 fully saturated rings. The van der Waals surface area contributed by atoms with Gasteiger partial charge in [-0.15, -0.1) is 0 Å². The van der Waals surface area contributed by atoms with Crippen molar-refractivity contribution in [1.29, 1.82) is 0 Å². The molecule has 1 unspecified atom stereocenters. The normalized spacial score (nSPS) is 19.5. The number of carboxylic acid groups (broad SMARTS) is 1. The molecule has 1 aliphatic rings. The van der Waals surface area contributed by atoms with E-state index in [4.69, 9.17) is 5.11 Å². The van der Waals surface area contributed by atoms with Crippen molar-refractivity contribution in [2.45, 2.75) is 38.6 Å². The van der Waals surface area contributed by atoms with Gasteiger partial charge in [-0.3, -0.25) is 4.79 Å². The molecule has 0 saturated carbocycles. The molecule has 0 aliphatic carbocycles. The standard InChI is InChI=1S/C13H25N3O3/c1-3-15(2)9-7-14-13(19)16-8-5-4-6-11(16)10-12(17)18/h11H,3-10H2,1-2H3,(H,14,19)(H,17,18). The summed E-state index contributed by atoms with van der Waals surface area (Å²) in [5.74, 6) is -0.838. The van der Waals surface area contributed by atoms with Crippen molar-refractivity contribution in [1.82, 2.24) is 15.1 Å². The summed E-state index contributed by atoms with van der Waals surface area (Å²) in [6, 6.07) is -0.286. The van der Waals surface area contributed by atoms with Crippen molar-refractivity contribution in [2.75, 3.05) is 33.2 Å². The van der Waals surface area contributed by atoms with Crippen molar-refractivity contribution in [3.8, 4) is 0 Å². The minimum absolute atomic E-state index is 0.0439. The SMILES string of the molecule is CCN(C)CCNC(=O)N1CCCCC1CC(=O)O. The number of carbonyl (C=O) groups is 2.